The third-order valence-electron chi connectivity index (χ3n) is 2.95. The maximum atomic E-state index is 12.4. The van der Waals surface area contributed by atoms with Gasteiger partial charge in [0.1, 0.15) is 0 Å². The van der Waals surface area contributed by atoms with E-state index in [2.05, 4.69) is 15.5 Å². The summed E-state index contributed by atoms with van der Waals surface area (Å²) in [5, 5.41) is 9.92. The third-order valence-corrected chi connectivity index (χ3v) is 6.44. The first-order valence-electron chi connectivity index (χ1n) is 6.10. The summed E-state index contributed by atoms with van der Waals surface area (Å²) in [7, 11) is -3.65. The maximum absolute atomic E-state index is 12.4. The number of nitrogens with one attached hydrogen (secondary N) is 1. The number of halogens is 1. The molecule has 1 atom stereocenters. The fourth-order valence-corrected chi connectivity index (χ4v) is 4.89. The van der Waals surface area contributed by atoms with Gasteiger partial charge in [-0.1, -0.05) is 11.3 Å². The summed E-state index contributed by atoms with van der Waals surface area (Å²) in [6.45, 7) is 2.19. The Balaban J connectivity index is 2.17. The fraction of sp³-hybridized carbons (Fsp3) is 0.700. The van der Waals surface area contributed by atoms with Gasteiger partial charge in [0, 0.05) is 25.9 Å². The second kappa shape index (κ2) is 6.33. The molecule has 0 bridgehead atoms. The van der Waals surface area contributed by atoms with Gasteiger partial charge in [0.2, 0.25) is 15.4 Å². The van der Waals surface area contributed by atoms with Crippen molar-refractivity contribution >= 4 is 44.0 Å². The molecule has 20 heavy (non-hydrogen) atoms. The molecule has 1 amide bonds. The molecule has 0 aromatic carbocycles. The zero-order valence-corrected chi connectivity index (χ0v) is 13.3. The van der Waals surface area contributed by atoms with Crippen molar-refractivity contribution in [2.75, 3.05) is 24.3 Å². The van der Waals surface area contributed by atoms with Gasteiger partial charge in [-0.2, -0.15) is 4.31 Å². The SMILES string of the molecule is CC(=O)Nc1nnc(S(=O)(=O)N2CCCC(CCl)C2)s1. The van der Waals surface area contributed by atoms with Gasteiger partial charge >= 0.3 is 0 Å². The number of aromatic nitrogens is 2. The van der Waals surface area contributed by atoms with Gasteiger partial charge in [-0.25, -0.2) is 8.42 Å². The topological polar surface area (TPSA) is 92.3 Å². The molecule has 1 aliphatic rings. The van der Waals surface area contributed by atoms with Crippen molar-refractivity contribution in [1.29, 1.82) is 0 Å². The Hall–Kier alpha value is -0.770. The van der Waals surface area contributed by atoms with E-state index in [1.807, 2.05) is 0 Å². The van der Waals surface area contributed by atoms with Gasteiger partial charge < -0.3 is 5.32 Å². The normalized spacial score (nSPS) is 20.8. The summed E-state index contributed by atoms with van der Waals surface area (Å²) < 4.78 is 26.1. The Bertz CT molecular complexity index is 589. The van der Waals surface area contributed by atoms with Gasteiger partial charge in [0.15, 0.2) is 0 Å². The lowest BCUT2D eigenvalue weighted by molar-refractivity contribution is -0.114. The summed E-state index contributed by atoms with van der Waals surface area (Å²) in [4.78, 5) is 10.9. The molecule has 1 aliphatic heterocycles. The molecule has 1 aromatic heterocycles. The highest BCUT2D eigenvalue weighted by molar-refractivity contribution is 7.91. The molecule has 0 spiro atoms. The smallest absolute Gasteiger partial charge is 0.272 e. The van der Waals surface area contributed by atoms with Crippen LogP contribution in [0.3, 0.4) is 0 Å². The first kappa shape index (κ1) is 15.6. The number of sulfonamides is 1. The lowest BCUT2D eigenvalue weighted by Gasteiger charge is -2.29. The summed E-state index contributed by atoms with van der Waals surface area (Å²) in [6, 6.07) is 0. The van der Waals surface area contributed by atoms with Crippen molar-refractivity contribution in [2.24, 2.45) is 5.92 Å². The minimum Gasteiger partial charge on any atom is -0.301 e. The van der Waals surface area contributed by atoms with Crippen LogP contribution in [-0.4, -0.2) is 47.8 Å². The predicted molar refractivity (Wildman–Crippen MR) is 76.4 cm³/mol. The minimum absolute atomic E-state index is 0.100. The number of amides is 1. The number of hydrogen-bond acceptors (Lipinski definition) is 6. The average Bonchev–Trinajstić information content (AvgIpc) is 2.87. The summed E-state index contributed by atoms with van der Waals surface area (Å²) >= 11 is 6.66. The number of piperidine rings is 1. The zero-order valence-electron chi connectivity index (χ0n) is 10.9. The number of alkyl halides is 1. The molecule has 2 heterocycles. The van der Waals surface area contributed by atoms with Crippen LogP contribution >= 0.6 is 22.9 Å². The van der Waals surface area contributed by atoms with E-state index < -0.39 is 10.0 Å². The van der Waals surface area contributed by atoms with Crippen LogP contribution in [0.2, 0.25) is 0 Å². The number of carbonyl (C=O) groups excluding carboxylic acids is 1. The van der Waals surface area contributed by atoms with Crippen LogP contribution in [-0.2, 0) is 14.8 Å². The molecule has 1 N–H and O–H groups in total. The first-order chi connectivity index (χ1) is 9.43. The van der Waals surface area contributed by atoms with Gasteiger partial charge in [-0.3, -0.25) is 4.79 Å². The van der Waals surface area contributed by atoms with Crippen molar-refractivity contribution in [3.63, 3.8) is 0 Å². The summed E-state index contributed by atoms with van der Waals surface area (Å²) in [5.41, 5.74) is 0. The number of hydrogen-bond donors (Lipinski definition) is 1. The van der Waals surface area contributed by atoms with Crippen LogP contribution in [0.1, 0.15) is 19.8 Å². The summed E-state index contributed by atoms with van der Waals surface area (Å²) in [6.07, 6.45) is 1.72. The van der Waals surface area contributed by atoms with E-state index in [9.17, 15) is 13.2 Å². The van der Waals surface area contributed by atoms with E-state index in [1.165, 1.54) is 11.2 Å². The number of anilines is 1. The Morgan fingerprint density at radius 1 is 1.55 bits per heavy atom. The molecule has 10 heteroatoms. The van der Waals surface area contributed by atoms with E-state index in [0.717, 1.165) is 24.2 Å². The van der Waals surface area contributed by atoms with Crippen molar-refractivity contribution in [2.45, 2.75) is 24.1 Å². The number of nitrogens with zero attached hydrogens (tertiary/aromatic N) is 3. The monoisotopic (exact) mass is 338 g/mol. The molecule has 112 valence electrons. The fourth-order valence-electron chi connectivity index (χ4n) is 2.00. The predicted octanol–water partition coefficient (Wildman–Crippen LogP) is 1.14. The van der Waals surface area contributed by atoms with E-state index in [1.54, 1.807) is 0 Å². The molecule has 0 radical (unpaired) electrons. The van der Waals surface area contributed by atoms with Crippen LogP contribution in [0.4, 0.5) is 5.13 Å². The van der Waals surface area contributed by atoms with E-state index in [0.29, 0.717) is 19.0 Å². The highest BCUT2D eigenvalue weighted by Gasteiger charge is 2.32. The highest BCUT2D eigenvalue weighted by atomic mass is 35.5. The molecule has 1 saturated heterocycles. The number of carbonyl (C=O) groups is 1. The lowest BCUT2D eigenvalue weighted by atomic mass is 10.0. The van der Waals surface area contributed by atoms with Crippen LogP contribution in [0.5, 0.6) is 0 Å². The standard InChI is InChI=1S/C10H15ClN4O3S2/c1-7(16)12-9-13-14-10(19-9)20(17,18)15-4-2-3-8(5-11)6-15/h8H,2-6H2,1H3,(H,12,13,16). The Morgan fingerprint density at radius 2 is 2.30 bits per heavy atom. The molecule has 2 rings (SSSR count). The highest BCUT2D eigenvalue weighted by Crippen LogP contribution is 2.27. The molecule has 1 unspecified atom stereocenters. The molecule has 1 aromatic rings. The van der Waals surface area contributed by atoms with Gasteiger partial charge in [0.25, 0.3) is 10.0 Å². The second-order valence-electron chi connectivity index (χ2n) is 4.58. The molecule has 0 saturated carbocycles. The Labute approximate surface area is 126 Å². The zero-order chi connectivity index (χ0) is 14.8. The van der Waals surface area contributed by atoms with Crippen molar-refractivity contribution in [1.82, 2.24) is 14.5 Å². The minimum atomic E-state index is -3.65. The van der Waals surface area contributed by atoms with E-state index in [4.69, 9.17) is 11.6 Å². The molecule has 1 fully saturated rings. The Morgan fingerprint density at radius 3 is 2.95 bits per heavy atom. The van der Waals surface area contributed by atoms with Gasteiger partial charge in [-0.05, 0) is 18.8 Å². The average molecular weight is 339 g/mol. The van der Waals surface area contributed by atoms with Crippen LogP contribution < -0.4 is 5.32 Å². The molecule has 7 nitrogen and oxygen atoms in total. The number of rotatable bonds is 4. The second-order valence-corrected chi connectivity index (χ2v) is 7.98. The third kappa shape index (κ3) is 3.46. The van der Waals surface area contributed by atoms with E-state index >= 15 is 0 Å². The van der Waals surface area contributed by atoms with E-state index in [-0.39, 0.29) is 21.3 Å². The van der Waals surface area contributed by atoms with Gasteiger partial charge in [-0.15, -0.1) is 21.8 Å². The molecular formula is C10H15ClN4O3S2. The molecule has 0 aliphatic carbocycles. The van der Waals surface area contributed by atoms with Gasteiger partial charge in [0.05, 0.1) is 0 Å². The largest absolute Gasteiger partial charge is 0.301 e. The van der Waals surface area contributed by atoms with Crippen LogP contribution in [0.15, 0.2) is 4.34 Å². The van der Waals surface area contributed by atoms with Crippen LogP contribution in [0, 0.1) is 5.92 Å². The van der Waals surface area contributed by atoms with Crippen LogP contribution in [0.25, 0.3) is 0 Å². The Kier molecular flexibility index (Phi) is 4.95. The first-order valence-corrected chi connectivity index (χ1v) is 8.90. The van der Waals surface area contributed by atoms with Crippen molar-refractivity contribution < 1.29 is 13.2 Å². The lowest BCUT2D eigenvalue weighted by Crippen LogP contribution is -2.40. The van der Waals surface area contributed by atoms with Crippen molar-refractivity contribution in [3.8, 4) is 0 Å². The molecular weight excluding hydrogens is 324 g/mol. The van der Waals surface area contributed by atoms with Crippen molar-refractivity contribution in [3.05, 3.63) is 0 Å². The maximum Gasteiger partial charge on any atom is 0.272 e. The summed E-state index contributed by atoms with van der Waals surface area (Å²) in [5.74, 6) is 0.299. The quantitative estimate of drug-likeness (QED) is 0.656.